The lowest BCUT2D eigenvalue weighted by Gasteiger charge is -2.12. The van der Waals surface area contributed by atoms with Gasteiger partial charge in [0.25, 0.3) is 5.91 Å². The predicted octanol–water partition coefficient (Wildman–Crippen LogP) is 3.94. The summed E-state index contributed by atoms with van der Waals surface area (Å²) in [6.45, 7) is 1.59. The standard InChI is InChI=1S/C23H22N4O2S/c28-23(20-8-4-5-9-21(20)29-15-19-16-30-17-26-19)25-11-10-22-24-12-13-27(22)14-18-6-2-1-3-7-18/h1-9,12-13,16-17H,10-11,14-15H2,(H,25,28). The zero-order chi connectivity index (χ0) is 20.6. The number of nitrogens with one attached hydrogen (secondary N) is 1. The molecule has 2 aromatic carbocycles. The van der Waals surface area contributed by atoms with Gasteiger partial charge in [-0.05, 0) is 17.7 Å². The number of thiazole rings is 1. The number of imidazole rings is 1. The van der Waals surface area contributed by atoms with Crippen molar-refractivity contribution in [3.8, 4) is 5.75 Å². The first-order valence-corrected chi connectivity index (χ1v) is 10.6. The van der Waals surface area contributed by atoms with Crippen LogP contribution in [0.5, 0.6) is 5.75 Å². The lowest BCUT2D eigenvalue weighted by Crippen LogP contribution is -2.27. The van der Waals surface area contributed by atoms with E-state index < -0.39 is 0 Å². The van der Waals surface area contributed by atoms with E-state index in [1.165, 1.54) is 16.9 Å². The summed E-state index contributed by atoms with van der Waals surface area (Å²) in [5.41, 5.74) is 4.34. The van der Waals surface area contributed by atoms with Crippen LogP contribution < -0.4 is 10.1 Å². The Bertz CT molecular complexity index is 1080. The maximum atomic E-state index is 12.7. The minimum absolute atomic E-state index is 0.162. The van der Waals surface area contributed by atoms with Crippen LogP contribution in [-0.2, 0) is 19.6 Å². The number of benzene rings is 2. The molecule has 0 spiro atoms. The van der Waals surface area contributed by atoms with Crippen molar-refractivity contribution in [2.75, 3.05) is 6.54 Å². The molecule has 1 N–H and O–H groups in total. The Morgan fingerprint density at radius 1 is 1.07 bits per heavy atom. The molecule has 152 valence electrons. The Hall–Kier alpha value is -3.45. The van der Waals surface area contributed by atoms with Gasteiger partial charge in [-0.2, -0.15) is 0 Å². The minimum Gasteiger partial charge on any atom is -0.486 e. The molecule has 0 aliphatic heterocycles. The van der Waals surface area contributed by atoms with Crippen molar-refractivity contribution in [2.45, 2.75) is 19.6 Å². The second-order valence-corrected chi connectivity index (χ2v) is 7.45. The van der Waals surface area contributed by atoms with Gasteiger partial charge in [-0.25, -0.2) is 9.97 Å². The van der Waals surface area contributed by atoms with Gasteiger partial charge in [0, 0.05) is 37.3 Å². The third kappa shape index (κ3) is 5.12. The number of ether oxygens (including phenoxy) is 1. The van der Waals surface area contributed by atoms with E-state index in [0.717, 1.165) is 18.1 Å². The number of amides is 1. The molecule has 30 heavy (non-hydrogen) atoms. The number of hydrogen-bond donors (Lipinski definition) is 1. The van der Waals surface area contributed by atoms with Crippen LogP contribution >= 0.6 is 11.3 Å². The van der Waals surface area contributed by atoms with Crippen molar-refractivity contribution in [2.24, 2.45) is 0 Å². The molecule has 6 nitrogen and oxygen atoms in total. The molecule has 4 rings (SSSR count). The molecule has 0 fully saturated rings. The third-order valence-electron chi connectivity index (χ3n) is 4.62. The summed E-state index contributed by atoms with van der Waals surface area (Å²) in [5.74, 6) is 1.32. The quantitative estimate of drug-likeness (QED) is 0.447. The molecule has 2 heterocycles. The van der Waals surface area contributed by atoms with Crippen molar-refractivity contribution in [1.82, 2.24) is 19.9 Å². The molecule has 1 amide bonds. The number of nitrogens with zero attached hydrogens (tertiary/aromatic N) is 3. The highest BCUT2D eigenvalue weighted by Gasteiger charge is 2.13. The van der Waals surface area contributed by atoms with Gasteiger partial charge >= 0.3 is 0 Å². The van der Waals surface area contributed by atoms with Crippen molar-refractivity contribution in [3.05, 3.63) is 101 Å². The van der Waals surface area contributed by atoms with Gasteiger partial charge in [0.1, 0.15) is 18.2 Å². The molecule has 0 atom stereocenters. The number of para-hydroxylation sites is 1. The largest absolute Gasteiger partial charge is 0.486 e. The Labute approximate surface area is 179 Å². The van der Waals surface area contributed by atoms with Crippen LogP contribution in [0.2, 0.25) is 0 Å². The Morgan fingerprint density at radius 3 is 2.73 bits per heavy atom. The van der Waals surface area contributed by atoms with Gasteiger partial charge in [-0.3, -0.25) is 4.79 Å². The lowest BCUT2D eigenvalue weighted by atomic mass is 10.2. The first-order chi connectivity index (χ1) is 14.8. The average Bonchev–Trinajstić information content (AvgIpc) is 3.45. The minimum atomic E-state index is -0.162. The van der Waals surface area contributed by atoms with E-state index in [1.807, 2.05) is 41.9 Å². The van der Waals surface area contributed by atoms with Crippen LogP contribution in [0.1, 0.15) is 27.4 Å². The summed E-state index contributed by atoms with van der Waals surface area (Å²) >= 11 is 1.52. The topological polar surface area (TPSA) is 69.0 Å². The fraction of sp³-hybridized carbons (Fsp3) is 0.174. The fourth-order valence-electron chi connectivity index (χ4n) is 3.12. The van der Waals surface area contributed by atoms with E-state index in [4.69, 9.17) is 4.74 Å². The maximum Gasteiger partial charge on any atom is 0.255 e. The maximum absolute atomic E-state index is 12.7. The second kappa shape index (κ2) is 9.84. The predicted molar refractivity (Wildman–Crippen MR) is 117 cm³/mol. The molecule has 0 saturated heterocycles. The SMILES string of the molecule is O=C(NCCc1nccn1Cc1ccccc1)c1ccccc1OCc1cscn1. The summed E-state index contributed by atoms with van der Waals surface area (Å²) in [5, 5.41) is 4.91. The molecule has 7 heteroatoms. The van der Waals surface area contributed by atoms with E-state index in [9.17, 15) is 4.79 Å². The molecule has 0 saturated carbocycles. The van der Waals surface area contributed by atoms with Crippen LogP contribution in [0.3, 0.4) is 0 Å². The van der Waals surface area contributed by atoms with Crippen LogP contribution in [0.25, 0.3) is 0 Å². The van der Waals surface area contributed by atoms with E-state index in [0.29, 0.717) is 30.9 Å². The smallest absolute Gasteiger partial charge is 0.255 e. The monoisotopic (exact) mass is 418 g/mol. The Kier molecular flexibility index (Phi) is 6.51. The molecule has 0 aliphatic carbocycles. The van der Waals surface area contributed by atoms with Crippen molar-refractivity contribution < 1.29 is 9.53 Å². The average molecular weight is 419 g/mol. The highest BCUT2D eigenvalue weighted by molar-refractivity contribution is 7.07. The first-order valence-electron chi connectivity index (χ1n) is 9.70. The fourth-order valence-corrected chi connectivity index (χ4v) is 3.66. The molecule has 0 aliphatic rings. The molecular weight excluding hydrogens is 396 g/mol. The highest BCUT2D eigenvalue weighted by Crippen LogP contribution is 2.19. The number of carbonyl (C=O) groups excluding carboxylic acids is 1. The van der Waals surface area contributed by atoms with Gasteiger partial charge in [0.2, 0.25) is 0 Å². The van der Waals surface area contributed by atoms with Crippen LogP contribution in [-0.4, -0.2) is 27.0 Å². The molecule has 0 radical (unpaired) electrons. The van der Waals surface area contributed by atoms with Crippen LogP contribution in [0.4, 0.5) is 0 Å². The van der Waals surface area contributed by atoms with Gasteiger partial charge < -0.3 is 14.6 Å². The highest BCUT2D eigenvalue weighted by atomic mass is 32.1. The molecule has 0 bridgehead atoms. The number of aromatic nitrogens is 3. The Morgan fingerprint density at radius 2 is 1.90 bits per heavy atom. The van der Waals surface area contributed by atoms with Crippen molar-refractivity contribution in [1.29, 1.82) is 0 Å². The van der Waals surface area contributed by atoms with E-state index in [1.54, 1.807) is 23.8 Å². The first kappa shape index (κ1) is 19.8. The normalized spacial score (nSPS) is 10.7. The summed E-state index contributed by atoms with van der Waals surface area (Å²) in [7, 11) is 0. The van der Waals surface area contributed by atoms with Gasteiger partial charge in [-0.15, -0.1) is 11.3 Å². The Balaban J connectivity index is 1.33. The summed E-state index contributed by atoms with van der Waals surface area (Å²) < 4.78 is 7.91. The number of rotatable bonds is 9. The molecule has 0 unspecified atom stereocenters. The second-order valence-electron chi connectivity index (χ2n) is 6.73. The number of hydrogen-bond acceptors (Lipinski definition) is 5. The summed E-state index contributed by atoms with van der Waals surface area (Å²) in [6, 6.07) is 17.5. The zero-order valence-electron chi connectivity index (χ0n) is 16.4. The van der Waals surface area contributed by atoms with Gasteiger partial charge in [0.05, 0.1) is 16.8 Å². The van der Waals surface area contributed by atoms with Crippen molar-refractivity contribution >= 4 is 17.2 Å². The number of carbonyl (C=O) groups is 1. The van der Waals surface area contributed by atoms with Crippen LogP contribution in [0.15, 0.2) is 77.9 Å². The van der Waals surface area contributed by atoms with Crippen LogP contribution in [0, 0.1) is 0 Å². The summed E-state index contributed by atoms with van der Waals surface area (Å²) in [4.78, 5) is 21.3. The van der Waals surface area contributed by atoms with Gasteiger partial charge in [0.15, 0.2) is 0 Å². The van der Waals surface area contributed by atoms with E-state index >= 15 is 0 Å². The summed E-state index contributed by atoms with van der Waals surface area (Å²) in [6.07, 6.45) is 4.40. The van der Waals surface area contributed by atoms with E-state index in [-0.39, 0.29) is 5.91 Å². The lowest BCUT2D eigenvalue weighted by molar-refractivity contribution is 0.0949. The third-order valence-corrected chi connectivity index (χ3v) is 5.26. The molecule has 4 aromatic rings. The zero-order valence-corrected chi connectivity index (χ0v) is 17.2. The molecular formula is C23H22N4O2S. The molecule has 2 aromatic heterocycles. The van der Waals surface area contributed by atoms with Gasteiger partial charge in [-0.1, -0.05) is 42.5 Å². The van der Waals surface area contributed by atoms with Crippen molar-refractivity contribution in [3.63, 3.8) is 0 Å². The van der Waals surface area contributed by atoms with E-state index in [2.05, 4.69) is 32.0 Å².